The Morgan fingerprint density at radius 2 is 1.94 bits per heavy atom. The Morgan fingerprint density at radius 1 is 1.11 bits per heavy atom. The molecule has 1 heterocycles. The quantitative estimate of drug-likeness (QED) is 0.658. The number of aryl methyl sites for hydroxylation is 2. The van der Waals surface area contributed by atoms with Gasteiger partial charge in [-0.3, -0.25) is 0 Å². The summed E-state index contributed by atoms with van der Waals surface area (Å²) >= 11 is 0. The number of nitrogen functional groups attached to an aromatic ring is 1. The van der Waals surface area contributed by atoms with E-state index >= 15 is 0 Å². The van der Waals surface area contributed by atoms with Crippen molar-refractivity contribution in [3.8, 4) is 11.5 Å². The fourth-order valence-electron chi connectivity index (χ4n) is 2.05. The molecule has 0 atom stereocenters. The van der Waals surface area contributed by atoms with Crippen molar-refractivity contribution in [1.29, 1.82) is 0 Å². The van der Waals surface area contributed by atoms with Gasteiger partial charge in [0.2, 0.25) is 5.89 Å². The molecule has 0 bridgehead atoms. The number of hydrogen-bond acceptors (Lipinski definition) is 3. The number of rotatable bonds is 1. The molecule has 0 aliphatic heterocycles. The molecule has 0 aliphatic carbocycles. The molecule has 0 fully saturated rings. The minimum Gasteiger partial charge on any atom is -0.434 e. The zero-order valence-corrected chi connectivity index (χ0v) is 10.4. The van der Waals surface area contributed by atoms with Gasteiger partial charge in [0.25, 0.3) is 0 Å². The number of para-hydroxylation sites is 1. The van der Waals surface area contributed by atoms with Crippen LogP contribution in [-0.4, -0.2) is 4.98 Å². The summed E-state index contributed by atoms with van der Waals surface area (Å²) in [6.45, 7) is 4.10. The molecule has 0 unspecified atom stereocenters. The highest BCUT2D eigenvalue weighted by atomic mass is 16.3. The van der Waals surface area contributed by atoms with Crippen molar-refractivity contribution in [3.05, 3.63) is 47.5 Å². The summed E-state index contributed by atoms with van der Waals surface area (Å²) in [4.78, 5) is 4.50. The van der Waals surface area contributed by atoms with Crippen LogP contribution in [0.3, 0.4) is 0 Å². The van der Waals surface area contributed by atoms with Gasteiger partial charge in [-0.2, -0.15) is 0 Å². The third-order valence-electron chi connectivity index (χ3n) is 3.07. The lowest BCUT2D eigenvalue weighted by molar-refractivity contribution is 0.620. The van der Waals surface area contributed by atoms with Gasteiger partial charge in [-0.15, -0.1) is 0 Å². The van der Waals surface area contributed by atoms with E-state index in [0.29, 0.717) is 17.2 Å². The van der Waals surface area contributed by atoms with Crippen molar-refractivity contribution in [2.75, 3.05) is 5.73 Å². The van der Waals surface area contributed by atoms with Crippen molar-refractivity contribution >= 4 is 16.8 Å². The van der Waals surface area contributed by atoms with E-state index in [1.54, 1.807) is 0 Å². The maximum absolute atomic E-state index is 5.88. The zero-order chi connectivity index (χ0) is 12.7. The second kappa shape index (κ2) is 3.88. The highest BCUT2D eigenvalue weighted by Gasteiger charge is 2.12. The van der Waals surface area contributed by atoms with Gasteiger partial charge in [0.15, 0.2) is 5.58 Å². The lowest BCUT2D eigenvalue weighted by Crippen LogP contribution is -1.84. The normalized spacial score (nSPS) is 11.0. The van der Waals surface area contributed by atoms with E-state index in [9.17, 15) is 0 Å². The molecule has 18 heavy (non-hydrogen) atoms. The first-order valence-corrected chi connectivity index (χ1v) is 5.88. The first-order chi connectivity index (χ1) is 8.65. The first-order valence-electron chi connectivity index (χ1n) is 5.88. The van der Waals surface area contributed by atoms with Crippen LogP contribution < -0.4 is 5.73 Å². The van der Waals surface area contributed by atoms with Gasteiger partial charge in [0.05, 0.1) is 5.69 Å². The van der Waals surface area contributed by atoms with Gasteiger partial charge < -0.3 is 10.2 Å². The molecule has 2 aromatic carbocycles. The molecule has 0 amide bonds. The van der Waals surface area contributed by atoms with E-state index < -0.39 is 0 Å². The number of nitrogens with zero attached hydrogens (tertiary/aromatic N) is 1. The van der Waals surface area contributed by atoms with Crippen LogP contribution >= 0.6 is 0 Å². The van der Waals surface area contributed by atoms with Gasteiger partial charge >= 0.3 is 0 Å². The Morgan fingerprint density at radius 3 is 2.72 bits per heavy atom. The summed E-state index contributed by atoms with van der Waals surface area (Å²) in [7, 11) is 0. The molecule has 0 spiro atoms. The van der Waals surface area contributed by atoms with Crippen LogP contribution in [0.2, 0.25) is 0 Å². The third-order valence-corrected chi connectivity index (χ3v) is 3.07. The lowest BCUT2D eigenvalue weighted by Gasteiger charge is -2.02. The number of anilines is 1. The molecule has 0 aliphatic rings. The SMILES string of the molecule is Cc1ccc(C)c(-c2nc3cccc(N)c3o2)c1. The predicted octanol–water partition coefficient (Wildman–Crippen LogP) is 3.69. The van der Waals surface area contributed by atoms with E-state index in [1.165, 1.54) is 5.56 Å². The number of benzene rings is 2. The molecule has 2 N–H and O–H groups in total. The molecule has 3 aromatic rings. The van der Waals surface area contributed by atoms with E-state index in [1.807, 2.05) is 25.1 Å². The van der Waals surface area contributed by atoms with Crippen molar-refractivity contribution in [2.24, 2.45) is 0 Å². The van der Waals surface area contributed by atoms with Crippen LogP contribution in [0.15, 0.2) is 40.8 Å². The van der Waals surface area contributed by atoms with Gasteiger partial charge in [-0.1, -0.05) is 23.8 Å². The second-order valence-electron chi connectivity index (χ2n) is 4.53. The summed E-state index contributed by atoms with van der Waals surface area (Å²) in [6.07, 6.45) is 0. The molecule has 1 aromatic heterocycles. The fourth-order valence-corrected chi connectivity index (χ4v) is 2.05. The Kier molecular flexibility index (Phi) is 2.33. The van der Waals surface area contributed by atoms with E-state index in [-0.39, 0.29) is 0 Å². The van der Waals surface area contributed by atoms with Crippen molar-refractivity contribution < 1.29 is 4.42 Å². The summed E-state index contributed by atoms with van der Waals surface area (Å²) in [6, 6.07) is 11.8. The topological polar surface area (TPSA) is 52.0 Å². The van der Waals surface area contributed by atoms with Crippen LogP contribution in [-0.2, 0) is 0 Å². The first kappa shape index (κ1) is 10.8. The summed E-state index contributed by atoms with van der Waals surface area (Å²) < 4.78 is 5.78. The van der Waals surface area contributed by atoms with Gasteiger partial charge in [0.1, 0.15) is 5.52 Å². The van der Waals surface area contributed by atoms with Crippen molar-refractivity contribution in [1.82, 2.24) is 4.98 Å². The molecular weight excluding hydrogens is 224 g/mol. The summed E-state index contributed by atoms with van der Waals surface area (Å²) in [5.74, 6) is 0.629. The number of aromatic nitrogens is 1. The molecule has 3 heteroatoms. The average Bonchev–Trinajstić information content (AvgIpc) is 2.77. The van der Waals surface area contributed by atoms with E-state index in [2.05, 4.69) is 30.1 Å². The van der Waals surface area contributed by atoms with Crippen LogP contribution in [0.1, 0.15) is 11.1 Å². The summed E-state index contributed by atoms with van der Waals surface area (Å²) in [5.41, 5.74) is 11.3. The standard InChI is InChI=1S/C15H14N2O/c1-9-6-7-10(2)11(8-9)15-17-13-5-3-4-12(16)14(13)18-15/h3-8H,16H2,1-2H3. The smallest absolute Gasteiger partial charge is 0.227 e. The molecule has 90 valence electrons. The van der Waals surface area contributed by atoms with Gasteiger partial charge in [0, 0.05) is 5.56 Å². The van der Waals surface area contributed by atoms with Gasteiger partial charge in [-0.05, 0) is 37.6 Å². The molecule has 0 saturated heterocycles. The van der Waals surface area contributed by atoms with Crippen LogP contribution in [0.25, 0.3) is 22.6 Å². The van der Waals surface area contributed by atoms with E-state index in [0.717, 1.165) is 16.6 Å². The molecule has 3 nitrogen and oxygen atoms in total. The van der Waals surface area contributed by atoms with Crippen LogP contribution in [0, 0.1) is 13.8 Å². The lowest BCUT2D eigenvalue weighted by atomic mass is 10.1. The predicted molar refractivity (Wildman–Crippen MR) is 73.3 cm³/mol. The molecular formula is C15H14N2O. The number of oxazole rings is 1. The molecule has 0 radical (unpaired) electrons. The number of hydrogen-bond donors (Lipinski definition) is 1. The second-order valence-corrected chi connectivity index (χ2v) is 4.53. The van der Waals surface area contributed by atoms with Crippen LogP contribution in [0.4, 0.5) is 5.69 Å². The van der Waals surface area contributed by atoms with Crippen molar-refractivity contribution in [2.45, 2.75) is 13.8 Å². The van der Waals surface area contributed by atoms with Gasteiger partial charge in [-0.25, -0.2) is 4.98 Å². The van der Waals surface area contributed by atoms with Crippen LogP contribution in [0.5, 0.6) is 0 Å². The monoisotopic (exact) mass is 238 g/mol. The Hall–Kier alpha value is -2.29. The fraction of sp³-hybridized carbons (Fsp3) is 0.133. The summed E-state index contributed by atoms with van der Waals surface area (Å²) in [5, 5.41) is 0. The minimum absolute atomic E-state index is 0.622. The molecule has 0 saturated carbocycles. The Labute approximate surface area is 105 Å². The average molecular weight is 238 g/mol. The highest BCUT2D eigenvalue weighted by molar-refractivity contribution is 5.86. The van der Waals surface area contributed by atoms with Crippen molar-refractivity contribution in [3.63, 3.8) is 0 Å². The number of nitrogens with two attached hydrogens (primary N) is 1. The Bertz CT molecular complexity index is 728. The maximum atomic E-state index is 5.88. The van der Waals surface area contributed by atoms with E-state index in [4.69, 9.17) is 10.2 Å². The number of fused-ring (bicyclic) bond motifs is 1. The zero-order valence-electron chi connectivity index (χ0n) is 10.4. The third kappa shape index (κ3) is 1.64. The largest absolute Gasteiger partial charge is 0.434 e. The highest BCUT2D eigenvalue weighted by Crippen LogP contribution is 2.29. The molecule has 3 rings (SSSR count). The minimum atomic E-state index is 0.622. The maximum Gasteiger partial charge on any atom is 0.227 e. The Balaban J connectivity index is 2.26.